The van der Waals surface area contributed by atoms with Crippen LogP contribution in [0.5, 0.6) is 0 Å². The fourth-order valence-electron chi connectivity index (χ4n) is 1.54. The number of carbonyl (C=O) groups is 1. The third kappa shape index (κ3) is 3.08. The minimum Gasteiger partial charge on any atom is -0.399 e. The molecule has 0 radical (unpaired) electrons. The molecule has 0 aliphatic heterocycles. The van der Waals surface area contributed by atoms with E-state index in [0.29, 0.717) is 16.9 Å². The molecule has 1 aromatic carbocycles. The maximum Gasteiger partial charge on any atom is 0.274 e. The van der Waals surface area contributed by atoms with Crippen LogP contribution < -0.4 is 11.1 Å². The van der Waals surface area contributed by atoms with Crippen molar-refractivity contribution in [3.05, 3.63) is 52.0 Å². The van der Waals surface area contributed by atoms with Crippen molar-refractivity contribution < 1.29 is 9.18 Å². The van der Waals surface area contributed by atoms with E-state index >= 15 is 0 Å². The molecule has 2 rings (SSSR count). The number of nitrogens with two attached hydrogens (primary N) is 1. The Morgan fingerprint density at radius 1 is 1.42 bits per heavy atom. The Morgan fingerprint density at radius 2 is 2.16 bits per heavy atom. The molecule has 1 amide bonds. The number of aromatic nitrogens is 1. The Bertz CT molecular complexity index is 646. The van der Waals surface area contributed by atoms with Crippen molar-refractivity contribution in [2.75, 3.05) is 11.1 Å². The first kappa shape index (κ1) is 13.5. The van der Waals surface area contributed by atoms with Crippen molar-refractivity contribution in [3.63, 3.8) is 0 Å². The zero-order valence-corrected chi connectivity index (χ0v) is 11.7. The molecule has 0 atom stereocenters. The smallest absolute Gasteiger partial charge is 0.274 e. The van der Waals surface area contributed by atoms with Gasteiger partial charge in [-0.05, 0) is 52.7 Å². The van der Waals surface area contributed by atoms with Crippen molar-refractivity contribution >= 4 is 33.2 Å². The molecule has 0 spiro atoms. The first-order valence-corrected chi connectivity index (χ1v) is 6.25. The van der Waals surface area contributed by atoms with Gasteiger partial charge in [-0.2, -0.15) is 0 Å². The molecule has 2 aromatic rings. The van der Waals surface area contributed by atoms with Crippen molar-refractivity contribution in [2.45, 2.75) is 6.92 Å². The van der Waals surface area contributed by atoms with Crippen LogP contribution in [0.15, 0.2) is 34.9 Å². The van der Waals surface area contributed by atoms with Gasteiger partial charge in [-0.1, -0.05) is 0 Å². The summed E-state index contributed by atoms with van der Waals surface area (Å²) in [6.45, 7) is 1.71. The summed E-state index contributed by atoms with van der Waals surface area (Å²) in [5.41, 5.74) is 7.39. The third-order valence-corrected chi connectivity index (χ3v) is 3.14. The van der Waals surface area contributed by atoms with E-state index in [0.717, 1.165) is 0 Å². The first-order chi connectivity index (χ1) is 8.97. The van der Waals surface area contributed by atoms with Crippen LogP contribution in [0.4, 0.5) is 15.8 Å². The number of carbonyl (C=O) groups excluding carboxylic acids is 1. The lowest BCUT2D eigenvalue weighted by Crippen LogP contribution is -2.14. The number of aryl methyl sites for hydroxylation is 1. The Kier molecular flexibility index (Phi) is 3.80. The zero-order valence-electron chi connectivity index (χ0n) is 10.1. The van der Waals surface area contributed by atoms with E-state index in [9.17, 15) is 9.18 Å². The van der Waals surface area contributed by atoms with E-state index in [1.54, 1.807) is 13.0 Å². The summed E-state index contributed by atoms with van der Waals surface area (Å²) >= 11 is 3.08. The molecule has 3 N–H and O–H groups in total. The van der Waals surface area contributed by atoms with Crippen molar-refractivity contribution in [3.8, 4) is 0 Å². The highest BCUT2D eigenvalue weighted by atomic mass is 79.9. The molecule has 0 fully saturated rings. The minimum absolute atomic E-state index is 0.208. The molecule has 0 saturated heterocycles. The Balaban J connectivity index is 2.27. The van der Waals surface area contributed by atoms with Crippen LogP contribution in [0.25, 0.3) is 0 Å². The number of rotatable bonds is 2. The van der Waals surface area contributed by atoms with E-state index in [-0.39, 0.29) is 16.0 Å². The lowest BCUT2D eigenvalue weighted by Gasteiger charge is -2.09. The summed E-state index contributed by atoms with van der Waals surface area (Å²) in [5.74, 6) is -0.772. The van der Waals surface area contributed by atoms with E-state index in [2.05, 4.69) is 26.2 Å². The van der Waals surface area contributed by atoms with E-state index in [1.807, 2.05) is 0 Å². The number of nitrogens with zero attached hydrogens (tertiary/aromatic N) is 1. The number of hydrogen-bond acceptors (Lipinski definition) is 3. The summed E-state index contributed by atoms with van der Waals surface area (Å²) < 4.78 is 13.6. The maximum absolute atomic E-state index is 13.3. The number of nitrogens with one attached hydrogen (secondary N) is 1. The second-order valence-electron chi connectivity index (χ2n) is 4.01. The van der Waals surface area contributed by atoms with Gasteiger partial charge in [0.2, 0.25) is 0 Å². The zero-order chi connectivity index (χ0) is 14.0. The van der Waals surface area contributed by atoms with Gasteiger partial charge in [0.1, 0.15) is 11.5 Å². The first-order valence-electron chi connectivity index (χ1n) is 5.46. The third-order valence-electron chi connectivity index (χ3n) is 2.53. The number of amides is 1. The molecule has 4 nitrogen and oxygen atoms in total. The van der Waals surface area contributed by atoms with Gasteiger partial charge in [-0.25, -0.2) is 4.39 Å². The molecule has 0 saturated carbocycles. The predicted octanol–water partition coefficient (Wildman–Crippen LogP) is 3.13. The minimum atomic E-state index is -0.395. The topological polar surface area (TPSA) is 68.0 Å². The van der Waals surface area contributed by atoms with Crippen LogP contribution in [0.1, 0.15) is 16.1 Å². The average molecular weight is 324 g/mol. The fraction of sp³-hybridized carbons (Fsp3) is 0.0769. The van der Waals surface area contributed by atoms with E-state index < -0.39 is 5.91 Å². The molecule has 1 aromatic heterocycles. The maximum atomic E-state index is 13.3. The molecule has 0 bridgehead atoms. The number of pyridine rings is 1. The molecule has 0 unspecified atom stereocenters. The summed E-state index contributed by atoms with van der Waals surface area (Å²) in [6.07, 6.45) is 1.46. The number of nitrogen functional groups attached to an aromatic ring is 1. The standard InChI is InChI=1S/C13H11BrFN3O/c1-7-4-10(15)9(14)6-11(7)18-13(19)12-5-8(16)2-3-17-12/h2-6H,1H3,(H2,16,17)(H,18,19). The molecular weight excluding hydrogens is 313 g/mol. The van der Waals surface area contributed by atoms with Crippen molar-refractivity contribution in [1.29, 1.82) is 0 Å². The van der Waals surface area contributed by atoms with Crippen molar-refractivity contribution in [1.82, 2.24) is 4.98 Å². The highest BCUT2D eigenvalue weighted by Gasteiger charge is 2.11. The van der Waals surface area contributed by atoms with Gasteiger partial charge in [-0.15, -0.1) is 0 Å². The van der Waals surface area contributed by atoms with Gasteiger partial charge in [0.15, 0.2) is 0 Å². The lowest BCUT2D eigenvalue weighted by atomic mass is 10.2. The summed E-state index contributed by atoms with van der Waals surface area (Å²) in [5, 5.41) is 2.67. The van der Waals surface area contributed by atoms with Gasteiger partial charge < -0.3 is 11.1 Å². The van der Waals surface area contributed by atoms with Crippen LogP contribution in [-0.2, 0) is 0 Å². The second kappa shape index (κ2) is 5.36. The van der Waals surface area contributed by atoms with E-state index in [1.165, 1.54) is 24.4 Å². The normalized spacial score (nSPS) is 10.3. The predicted molar refractivity (Wildman–Crippen MR) is 75.4 cm³/mol. The Morgan fingerprint density at radius 3 is 2.84 bits per heavy atom. The number of hydrogen-bond donors (Lipinski definition) is 2. The van der Waals surface area contributed by atoms with Gasteiger partial charge in [0, 0.05) is 17.6 Å². The fourth-order valence-corrected chi connectivity index (χ4v) is 1.88. The molecule has 0 aliphatic carbocycles. The molecule has 19 heavy (non-hydrogen) atoms. The second-order valence-corrected chi connectivity index (χ2v) is 4.86. The Hall–Kier alpha value is -1.95. The molecule has 0 aliphatic rings. The SMILES string of the molecule is Cc1cc(F)c(Br)cc1NC(=O)c1cc(N)ccn1. The van der Waals surface area contributed by atoms with Crippen LogP contribution in [0.2, 0.25) is 0 Å². The number of halogens is 2. The quantitative estimate of drug-likeness (QED) is 0.892. The highest BCUT2D eigenvalue weighted by Crippen LogP contribution is 2.24. The van der Waals surface area contributed by atoms with Crippen LogP contribution in [0, 0.1) is 12.7 Å². The van der Waals surface area contributed by atoms with Crippen LogP contribution in [-0.4, -0.2) is 10.9 Å². The van der Waals surface area contributed by atoms with Crippen LogP contribution >= 0.6 is 15.9 Å². The van der Waals surface area contributed by atoms with Crippen molar-refractivity contribution in [2.24, 2.45) is 0 Å². The Labute approximate surface area is 118 Å². The van der Waals surface area contributed by atoms with Gasteiger partial charge in [0.05, 0.1) is 4.47 Å². The lowest BCUT2D eigenvalue weighted by molar-refractivity contribution is 0.102. The molecular formula is C13H11BrFN3O. The van der Waals surface area contributed by atoms with E-state index in [4.69, 9.17) is 5.73 Å². The summed E-state index contributed by atoms with van der Waals surface area (Å²) in [4.78, 5) is 15.9. The number of benzene rings is 1. The highest BCUT2D eigenvalue weighted by molar-refractivity contribution is 9.10. The average Bonchev–Trinajstić information content (AvgIpc) is 2.36. The monoisotopic (exact) mass is 323 g/mol. The van der Waals surface area contributed by atoms with Crippen LogP contribution in [0.3, 0.4) is 0 Å². The molecule has 6 heteroatoms. The van der Waals surface area contributed by atoms with Gasteiger partial charge in [0.25, 0.3) is 5.91 Å². The van der Waals surface area contributed by atoms with Gasteiger partial charge in [-0.3, -0.25) is 9.78 Å². The largest absolute Gasteiger partial charge is 0.399 e. The summed E-state index contributed by atoms with van der Waals surface area (Å²) in [6, 6.07) is 5.92. The van der Waals surface area contributed by atoms with Gasteiger partial charge >= 0.3 is 0 Å². The molecule has 98 valence electrons. The summed E-state index contributed by atoms with van der Waals surface area (Å²) in [7, 11) is 0. The molecule has 1 heterocycles. The number of anilines is 2.